The van der Waals surface area contributed by atoms with Crippen LogP contribution >= 0.6 is 0 Å². The molecule has 136 valence electrons. The third kappa shape index (κ3) is 3.79. The first kappa shape index (κ1) is 20.4. The molecule has 3 rings (SSSR count). The third-order valence-electron chi connectivity index (χ3n) is 5.72. The van der Waals surface area contributed by atoms with Crippen molar-refractivity contribution < 1.29 is 33.6 Å². The van der Waals surface area contributed by atoms with Crippen molar-refractivity contribution in [2.75, 3.05) is 21.1 Å². The fourth-order valence-corrected chi connectivity index (χ4v) is 4.65. The Balaban J connectivity index is 0.00000225. The first-order valence-electron chi connectivity index (χ1n) is 9.04. The van der Waals surface area contributed by atoms with Crippen molar-refractivity contribution in [3.63, 3.8) is 0 Å². The summed E-state index contributed by atoms with van der Waals surface area (Å²) in [7, 11) is 6.73. The van der Waals surface area contributed by atoms with Crippen molar-refractivity contribution in [2.24, 2.45) is 5.92 Å². The van der Waals surface area contributed by atoms with Gasteiger partial charge in [-0.15, -0.1) is 0 Å². The van der Waals surface area contributed by atoms with Crippen molar-refractivity contribution in [2.45, 2.75) is 37.8 Å². The van der Waals surface area contributed by atoms with Gasteiger partial charge in [0.1, 0.15) is 6.04 Å². The van der Waals surface area contributed by atoms with Crippen molar-refractivity contribution >= 4 is 0 Å². The highest BCUT2D eigenvalue weighted by molar-refractivity contribution is 5.37. The molecule has 1 aliphatic rings. The highest BCUT2D eigenvalue weighted by Crippen LogP contribution is 2.50. The Hall–Kier alpha value is -0.910. The van der Waals surface area contributed by atoms with E-state index in [0.29, 0.717) is 0 Å². The lowest BCUT2D eigenvalue weighted by Gasteiger charge is -2.49. The van der Waals surface area contributed by atoms with Gasteiger partial charge in [0.2, 0.25) is 0 Å². The fraction of sp³-hybridized carbons (Fsp3) is 0.455. The van der Waals surface area contributed by atoms with Crippen LogP contribution in [0.15, 0.2) is 54.6 Å². The van der Waals surface area contributed by atoms with Gasteiger partial charge in [-0.25, -0.2) is 0 Å². The standard InChI is InChI=1S/C22H30NO.HI/c1-5-22(24)19-14-10-9-11-17(19)15-16-20(22)21(23(2,3)4)18-12-7-6-8-13-18;/h6-14,20-21,24H,5,15-16H2,1-4H3;1H/q+1;/p-1/t20-,21-,22+;/m0./s1. The summed E-state index contributed by atoms with van der Waals surface area (Å²) in [6, 6.07) is 19.4. The molecule has 2 nitrogen and oxygen atoms in total. The first-order valence-corrected chi connectivity index (χ1v) is 9.04. The lowest BCUT2D eigenvalue weighted by molar-refractivity contribution is -0.908. The molecule has 2 aromatic rings. The third-order valence-corrected chi connectivity index (χ3v) is 5.72. The Kier molecular flexibility index (Phi) is 6.34. The number of fused-ring (bicyclic) bond motifs is 1. The predicted molar refractivity (Wildman–Crippen MR) is 99.7 cm³/mol. The molecule has 2 aromatic carbocycles. The van der Waals surface area contributed by atoms with Crippen LogP contribution in [0, 0.1) is 5.92 Å². The minimum atomic E-state index is -0.763. The zero-order valence-corrected chi connectivity index (χ0v) is 17.9. The number of hydrogen-bond acceptors (Lipinski definition) is 1. The SMILES string of the molecule is CC[C@@]1(O)c2ccccc2CC[C@H]1[C@H](c1ccccc1)[N+](C)(C)C.[I-]. The van der Waals surface area contributed by atoms with Crippen LogP contribution in [0.1, 0.15) is 42.5 Å². The smallest absolute Gasteiger partial charge is 0.120 e. The van der Waals surface area contributed by atoms with E-state index in [0.717, 1.165) is 29.3 Å². The van der Waals surface area contributed by atoms with E-state index in [9.17, 15) is 5.11 Å². The zero-order chi connectivity index (χ0) is 17.4. The van der Waals surface area contributed by atoms with E-state index in [-0.39, 0.29) is 35.9 Å². The van der Waals surface area contributed by atoms with Crippen molar-refractivity contribution in [3.05, 3.63) is 71.3 Å². The van der Waals surface area contributed by atoms with Gasteiger partial charge in [0, 0.05) is 11.5 Å². The molecule has 0 aromatic heterocycles. The van der Waals surface area contributed by atoms with Crippen LogP contribution in [0.3, 0.4) is 0 Å². The van der Waals surface area contributed by atoms with Gasteiger partial charge in [0.15, 0.2) is 0 Å². The molecule has 0 unspecified atom stereocenters. The highest BCUT2D eigenvalue weighted by atomic mass is 127. The van der Waals surface area contributed by atoms with E-state index in [1.165, 1.54) is 11.1 Å². The molecule has 0 aliphatic heterocycles. The Bertz CT molecular complexity index is 695. The topological polar surface area (TPSA) is 20.2 Å². The molecule has 0 spiro atoms. The molecule has 1 N–H and O–H groups in total. The van der Waals surface area contributed by atoms with Crippen LogP contribution in [-0.2, 0) is 12.0 Å². The number of hydrogen-bond donors (Lipinski definition) is 1. The van der Waals surface area contributed by atoms with Crippen LogP contribution in [-0.4, -0.2) is 30.7 Å². The minimum Gasteiger partial charge on any atom is -1.00 e. The van der Waals surface area contributed by atoms with E-state index >= 15 is 0 Å². The number of aliphatic hydroxyl groups is 1. The van der Waals surface area contributed by atoms with Gasteiger partial charge in [0.05, 0.1) is 26.7 Å². The summed E-state index contributed by atoms with van der Waals surface area (Å²) >= 11 is 0. The maximum atomic E-state index is 11.8. The second kappa shape index (κ2) is 7.77. The van der Waals surface area contributed by atoms with E-state index in [1.807, 2.05) is 0 Å². The van der Waals surface area contributed by atoms with Crippen LogP contribution in [0.4, 0.5) is 0 Å². The summed E-state index contributed by atoms with van der Waals surface area (Å²) in [6.07, 6.45) is 2.82. The number of rotatable bonds is 4. The molecule has 0 bridgehead atoms. The number of quaternary nitrogens is 1. The molecule has 3 atom stereocenters. The number of nitrogens with zero attached hydrogens (tertiary/aromatic N) is 1. The van der Waals surface area contributed by atoms with Gasteiger partial charge in [-0.1, -0.05) is 61.5 Å². The molecule has 0 fully saturated rings. The number of benzene rings is 2. The monoisotopic (exact) mass is 451 g/mol. The van der Waals surface area contributed by atoms with Crippen LogP contribution in [0.5, 0.6) is 0 Å². The second-order valence-electron chi connectivity index (χ2n) is 8.05. The van der Waals surface area contributed by atoms with Gasteiger partial charge in [-0.05, 0) is 30.4 Å². The van der Waals surface area contributed by atoms with Crippen LogP contribution in [0.2, 0.25) is 0 Å². The molecule has 1 aliphatic carbocycles. The van der Waals surface area contributed by atoms with Gasteiger partial charge in [-0.3, -0.25) is 0 Å². The predicted octanol–water partition coefficient (Wildman–Crippen LogP) is 1.30. The van der Waals surface area contributed by atoms with Crippen molar-refractivity contribution in [1.82, 2.24) is 0 Å². The minimum absolute atomic E-state index is 0. The van der Waals surface area contributed by atoms with Gasteiger partial charge < -0.3 is 33.6 Å². The lowest BCUT2D eigenvalue weighted by Crippen LogP contribution is -3.00. The molecule has 0 amide bonds. The van der Waals surface area contributed by atoms with E-state index < -0.39 is 5.60 Å². The maximum absolute atomic E-state index is 11.8. The van der Waals surface area contributed by atoms with Crippen LogP contribution < -0.4 is 24.0 Å². The molecule has 0 heterocycles. The summed E-state index contributed by atoms with van der Waals surface area (Å²) < 4.78 is 0.819. The van der Waals surface area contributed by atoms with E-state index in [4.69, 9.17) is 0 Å². The quantitative estimate of drug-likeness (QED) is 0.549. The molecular weight excluding hydrogens is 421 g/mol. The molecule has 0 saturated carbocycles. The fourth-order valence-electron chi connectivity index (χ4n) is 4.65. The maximum Gasteiger partial charge on any atom is 0.120 e. The number of halogens is 1. The largest absolute Gasteiger partial charge is 1.00 e. The second-order valence-corrected chi connectivity index (χ2v) is 8.05. The first-order chi connectivity index (χ1) is 11.4. The van der Waals surface area contributed by atoms with Gasteiger partial charge in [0.25, 0.3) is 0 Å². The zero-order valence-electron chi connectivity index (χ0n) is 15.7. The number of aryl methyl sites for hydroxylation is 1. The Morgan fingerprint density at radius 1 is 1.04 bits per heavy atom. The molecule has 0 saturated heterocycles. The highest BCUT2D eigenvalue weighted by Gasteiger charge is 2.49. The summed E-state index contributed by atoms with van der Waals surface area (Å²) in [5.41, 5.74) is 3.01. The molecule has 25 heavy (non-hydrogen) atoms. The van der Waals surface area contributed by atoms with E-state index in [1.54, 1.807) is 0 Å². The summed E-state index contributed by atoms with van der Waals surface area (Å²) in [6.45, 7) is 2.12. The Morgan fingerprint density at radius 2 is 1.64 bits per heavy atom. The lowest BCUT2D eigenvalue weighted by atomic mass is 9.65. The summed E-state index contributed by atoms with van der Waals surface area (Å²) in [5, 5.41) is 11.8. The molecular formula is C22H30INO. The van der Waals surface area contributed by atoms with Gasteiger partial charge >= 0.3 is 0 Å². The van der Waals surface area contributed by atoms with Gasteiger partial charge in [-0.2, -0.15) is 0 Å². The van der Waals surface area contributed by atoms with E-state index in [2.05, 4.69) is 82.7 Å². The normalized spacial score (nSPS) is 24.1. The molecule has 0 radical (unpaired) electrons. The summed E-state index contributed by atoms with van der Waals surface area (Å²) in [4.78, 5) is 0. The average Bonchev–Trinajstić information content (AvgIpc) is 2.57. The van der Waals surface area contributed by atoms with Crippen molar-refractivity contribution in [3.8, 4) is 0 Å². The van der Waals surface area contributed by atoms with Crippen molar-refractivity contribution in [1.29, 1.82) is 0 Å². The average molecular weight is 451 g/mol. The molecule has 3 heteroatoms. The Labute approximate surface area is 169 Å². The van der Waals surface area contributed by atoms with Crippen LogP contribution in [0.25, 0.3) is 0 Å². The summed E-state index contributed by atoms with van der Waals surface area (Å²) in [5.74, 6) is 0.208. The Morgan fingerprint density at radius 3 is 2.24 bits per heavy atom.